The second-order valence-corrected chi connectivity index (χ2v) is 27.4. The Balaban J connectivity index is 2.03. The molecule has 0 aliphatic carbocycles. The second kappa shape index (κ2) is 11.1. The van der Waals surface area contributed by atoms with Gasteiger partial charge >= 0.3 is 32.7 Å². The third kappa shape index (κ3) is 5.87. The van der Waals surface area contributed by atoms with Crippen molar-refractivity contribution >= 4 is 44.4 Å². The first kappa shape index (κ1) is 37.0. The maximum absolute atomic E-state index is 13.9. The van der Waals surface area contributed by atoms with Gasteiger partial charge in [-0.2, -0.15) is 26.6 Å². The number of nitrogens with zero attached hydrogens (tertiary/aromatic N) is 3. The molecule has 19 heteroatoms. The molecule has 0 amide bonds. The molecule has 0 radical (unpaired) electrons. The normalized spacial score (nSPS) is 26.5. The van der Waals surface area contributed by atoms with Crippen molar-refractivity contribution in [1.29, 1.82) is 0 Å². The van der Waals surface area contributed by atoms with Gasteiger partial charge in [0.05, 0.1) is 12.9 Å². The Bertz CT molecular complexity index is 1610. The first-order chi connectivity index (χ1) is 20.5. The van der Waals surface area contributed by atoms with E-state index in [0.29, 0.717) is 0 Å². The fourth-order valence-corrected chi connectivity index (χ4v) is 21.6. The lowest BCUT2D eigenvalue weighted by Gasteiger charge is -2.60. The van der Waals surface area contributed by atoms with Crippen molar-refractivity contribution < 1.29 is 43.5 Å². The molecule has 4 atom stereocenters. The molecule has 13 nitrogen and oxygen atoms in total. The minimum absolute atomic E-state index is 0.154. The summed E-state index contributed by atoms with van der Waals surface area (Å²) in [7, 11) is -13.4. The van der Waals surface area contributed by atoms with Crippen molar-refractivity contribution in [1.82, 2.24) is 19.5 Å². The SMILES string of the molecule is CC(C)(C)[Si]1(C(C)(C)C)OC[C@H]2O[C@@H](n3cnc4c(=O)[nH]c(N)nc43)[C@@H](OS(=O)(=O)C(F)(F)F)[C@@H]2O[Si](C(C)(C)C)(C(C)(C)C)O1. The molecule has 0 unspecified atom stereocenters. The Morgan fingerprint density at radius 3 is 1.96 bits per heavy atom. The first-order valence-electron chi connectivity index (χ1n) is 14.9. The van der Waals surface area contributed by atoms with Crippen LogP contribution in [0.5, 0.6) is 0 Å². The summed E-state index contributed by atoms with van der Waals surface area (Å²) >= 11 is 0. The zero-order valence-corrected chi connectivity index (χ0v) is 31.1. The molecule has 46 heavy (non-hydrogen) atoms. The van der Waals surface area contributed by atoms with E-state index in [0.717, 1.165) is 10.9 Å². The standard InChI is InChI=1S/C27H46F3N5O8SSi2/c1-23(2,3)45(24(4,5)6)39-13-15-17(42-46(43-45,25(7,8)9)26(10,11)12)18(41-44(37,38)27(28,29)30)21(40-15)35-14-32-16-19(35)33-22(31)34-20(16)36/h14-15,17-18,21H,13H2,1-12H3,(H3,31,33,34,36)/t15-,17-,18+,21-/m1/s1. The number of imidazole rings is 1. The van der Waals surface area contributed by atoms with Crippen molar-refractivity contribution in [2.75, 3.05) is 12.3 Å². The Kier molecular flexibility index (Phi) is 8.90. The lowest BCUT2D eigenvalue weighted by molar-refractivity contribution is -0.0695. The number of aromatic amines is 1. The smallest absolute Gasteiger partial charge is 0.413 e. The van der Waals surface area contributed by atoms with Gasteiger partial charge in [0, 0.05) is 20.2 Å². The van der Waals surface area contributed by atoms with Crippen LogP contribution < -0.4 is 11.3 Å². The zero-order chi connectivity index (χ0) is 35.3. The molecule has 2 aliphatic heterocycles. The van der Waals surface area contributed by atoms with E-state index in [9.17, 15) is 26.4 Å². The van der Waals surface area contributed by atoms with E-state index >= 15 is 0 Å². The summed E-state index contributed by atoms with van der Waals surface area (Å²) in [6.45, 7) is 23.6. The number of hydrogen-bond donors (Lipinski definition) is 2. The van der Waals surface area contributed by atoms with Crippen LogP contribution in [0.15, 0.2) is 11.1 Å². The molecule has 2 fully saturated rings. The maximum atomic E-state index is 13.9. The summed E-state index contributed by atoms with van der Waals surface area (Å²) in [5.41, 5.74) is -1.05. The number of rotatable bonds is 3. The molecule has 2 aliphatic rings. The number of alkyl halides is 3. The molecule has 3 N–H and O–H groups in total. The minimum atomic E-state index is -6.19. The van der Waals surface area contributed by atoms with E-state index in [4.69, 9.17) is 27.6 Å². The van der Waals surface area contributed by atoms with Crippen LogP contribution in [0, 0.1) is 0 Å². The predicted molar refractivity (Wildman–Crippen MR) is 169 cm³/mol. The van der Waals surface area contributed by atoms with Crippen LogP contribution in [0.2, 0.25) is 20.2 Å². The maximum Gasteiger partial charge on any atom is 0.523 e. The number of anilines is 1. The molecule has 4 heterocycles. The van der Waals surface area contributed by atoms with E-state index < -0.39 is 83.0 Å². The highest BCUT2D eigenvalue weighted by Gasteiger charge is 2.71. The average molecular weight is 714 g/mol. The molecule has 0 aromatic carbocycles. The van der Waals surface area contributed by atoms with Gasteiger partial charge in [-0.15, -0.1) is 0 Å². The summed E-state index contributed by atoms with van der Waals surface area (Å²) in [5.74, 6) is -0.297. The van der Waals surface area contributed by atoms with Gasteiger partial charge in [0.25, 0.3) is 5.56 Å². The molecule has 2 aromatic heterocycles. The minimum Gasteiger partial charge on any atom is -0.413 e. The fraction of sp³-hybridized carbons (Fsp3) is 0.815. The van der Waals surface area contributed by atoms with E-state index in [-0.39, 0.29) is 23.7 Å². The molecular weight excluding hydrogens is 668 g/mol. The number of nitrogen functional groups attached to an aromatic ring is 1. The number of hydrogen-bond acceptors (Lipinski definition) is 11. The summed E-state index contributed by atoms with van der Waals surface area (Å²) in [5, 5.41) is -2.54. The van der Waals surface area contributed by atoms with Gasteiger partial charge in [0.1, 0.15) is 12.2 Å². The topological polar surface area (TPSA) is 170 Å². The van der Waals surface area contributed by atoms with Gasteiger partial charge < -0.3 is 23.4 Å². The van der Waals surface area contributed by atoms with Crippen LogP contribution in [-0.2, 0) is 32.0 Å². The summed E-state index contributed by atoms with van der Waals surface area (Å²) in [4.78, 5) is 23.0. The van der Waals surface area contributed by atoms with Crippen LogP contribution in [0.4, 0.5) is 19.1 Å². The van der Waals surface area contributed by atoms with E-state index in [1.54, 1.807) is 0 Å². The predicted octanol–water partition coefficient (Wildman–Crippen LogP) is 5.35. The van der Waals surface area contributed by atoms with Crippen molar-refractivity contribution in [3.05, 3.63) is 16.7 Å². The number of fused-ring (bicyclic) bond motifs is 2. The van der Waals surface area contributed by atoms with Gasteiger partial charge in [-0.1, -0.05) is 83.1 Å². The van der Waals surface area contributed by atoms with Gasteiger partial charge in [0.15, 0.2) is 23.5 Å². The van der Waals surface area contributed by atoms with Crippen molar-refractivity contribution in [3.63, 3.8) is 0 Å². The van der Waals surface area contributed by atoms with E-state index in [2.05, 4.69) is 15.0 Å². The van der Waals surface area contributed by atoms with Crippen LogP contribution in [0.1, 0.15) is 89.3 Å². The Morgan fingerprint density at radius 1 is 0.957 bits per heavy atom. The lowest BCUT2D eigenvalue weighted by Crippen LogP contribution is -2.72. The molecule has 2 saturated heterocycles. The van der Waals surface area contributed by atoms with Crippen molar-refractivity contribution in [2.24, 2.45) is 0 Å². The molecule has 2 aromatic rings. The van der Waals surface area contributed by atoms with Crippen LogP contribution >= 0.6 is 0 Å². The molecule has 0 spiro atoms. The highest BCUT2D eigenvalue weighted by Crippen LogP contribution is 2.62. The number of halogens is 3. The van der Waals surface area contributed by atoms with E-state index in [1.807, 2.05) is 83.1 Å². The van der Waals surface area contributed by atoms with Crippen LogP contribution in [0.25, 0.3) is 11.2 Å². The fourth-order valence-electron chi connectivity index (χ4n) is 6.94. The summed E-state index contributed by atoms with van der Waals surface area (Å²) in [6, 6.07) is 0. The lowest BCUT2D eigenvalue weighted by atomic mass is 10.1. The number of nitrogens with one attached hydrogen (secondary N) is 1. The Labute approximate surface area is 269 Å². The molecule has 0 saturated carbocycles. The van der Waals surface area contributed by atoms with Crippen molar-refractivity contribution in [3.8, 4) is 0 Å². The first-order valence-corrected chi connectivity index (χ1v) is 19.9. The van der Waals surface area contributed by atoms with Crippen molar-refractivity contribution in [2.45, 2.75) is 133 Å². The number of H-pyrrole nitrogens is 1. The van der Waals surface area contributed by atoms with Crippen LogP contribution in [0.3, 0.4) is 0 Å². The van der Waals surface area contributed by atoms with E-state index in [1.165, 1.54) is 0 Å². The van der Waals surface area contributed by atoms with Gasteiger partial charge in [-0.3, -0.25) is 18.5 Å². The molecular formula is C27H46F3N5O8SSi2. The number of ether oxygens (including phenoxy) is 1. The molecule has 4 rings (SSSR count). The quantitative estimate of drug-likeness (QED) is 0.239. The third-order valence-electron chi connectivity index (χ3n) is 8.52. The Morgan fingerprint density at radius 2 is 1.48 bits per heavy atom. The van der Waals surface area contributed by atoms with Gasteiger partial charge in [-0.05, 0) is 0 Å². The highest BCUT2D eigenvalue weighted by atomic mass is 32.2. The molecule has 0 bridgehead atoms. The monoisotopic (exact) mass is 713 g/mol. The summed E-state index contributed by atoms with van der Waals surface area (Å²) in [6.07, 6.45) is -5.01. The Hall–Kier alpha value is -1.88. The summed E-state index contributed by atoms with van der Waals surface area (Å²) < 4.78 is 101. The number of nitrogens with two attached hydrogens (primary N) is 1. The third-order valence-corrected chi connectivity index (χ3v) is 20.9. The molecule has 262 valence electrons. The average Bonchev–Trinajstić information content (AvgIpc) is 3.36. The number of aromatic nitrogens is 4. The largest absolute Gasteiger partial charge is 0.523 e. The second-order valence-electron chi connectivity index (χ2n) is 16.0. The zero-order valence-electron chi connectivity index (χ0n) is 28.3. The highest BCUT2D eigenvalue weighted by molar-refractivity contribution is 7.87. The van der Waals surface area contributed by atoms with Gasteiger partial charge in [0.2, 0.25) is 5.95 Å². The van der Waals surface area contributed by atoms with Gasteiger partial charge in [-0.25, -0.2) is 4.98 Å². The van der Waals surface area contributed by atoms with Crippen LogP contribution in [-0.4, -0.2) is 75.5 Å².